The van der Waals surface area contributed by atoms with Gasteiger partial charge in [-0.3, -0.25) is 9.78 Å². The van der Waals surface area contributed by atoms with Crippen LogP contribution in [0.4, 0.5) is 5.95 Å². The number of aromatic nitrogens is 3. The van der Waals surface area contributed by atoms with Crippen molar-refractivity contribution in [2.24, 2.45) is 5.41 Å². The van der Waals surface area contributed by atoms with Crippen LogP contribution in [0.25, 0.3) is 0 Å². The molecule has 1 fully saturated rings. The van der Waals surface area contributed by atoms with E-state index in [1.807, 2.05) is 32.9 Å². The molecule has 0 aromatic carbocycles. The summed E-state index contributed by atoms with van der Waals surface area (Å²) in [6.07, 6.45) is 5.07. The number of nitrogens with one attached hydrogen (secondary N) is 1. The number of fused-ring (bicyclic) bond motifs is 3. The van der Waals surface area contributed by atoms with Gasteiger partial charge in [-0.05, 0) is 11.6 Å². The third-order valence-electron chi connectivity index (χ3n) is 5.44. The van der Waals surface area contributed by atoms with E-state index >= 15 is 0 Å². The van der Waals surface area contributed by atoms with Crippen molar-refractivity contribution in [1.29, 1.82) is 0 Å². The Bertz CT molecular complexity index is 1030. The van der Waals surface area contributed by atoms with E-state index in [1.165, 1.54) is 0 Å². The number of hydrogen-bond donors (Lipinski definition) is 1. The Morgan fingerprint density at radius 3 is 2.76 bits per heavy atom. The van der Waals surface area contributed by atoms with Gasteiger partial charge in [0, 0.05) is 55.1 Å². The van der Waals surface area contributed by atoms with Crippen molar-refractivity contribution < 1.29 is 13.2 Å². The summed E-state index contributed by atoms with van der Waals surface area (Å²) >= 11 is 0. The fraction of sp³-hybridized carbons (Fsp3) is 0.500. The Kier molecular flexibility index (Phi) is 4.80. The van der Waals surface area contributed by atoms with Crippen LogP contribution in [0.5, 0.6) is 0 Å². The van der Waals surface area contributed by atoms with Crippen LogP contribution >= 0.6 is 0 Å². The molecule has 2 atom stereocenters. The number of hydrogen-bond acceptors (Lipinski definition) is 7. The summed E-state index contributed by atoms with van der Waals surface area (Å²) in [5.74, 6) is 0.0140. The summed E-state index contributed by atoms with van der Waals surface area (Å²) in [7, 11) is -3.36. The van der Waals surface area contributed by atoms with Gasteiger partial charge in [0.2, 0.25) is 11.9 Å². The second kappa shape index (κ2) is 7.05. The average molecular weight is 416 g/mol. The zero-order valence-corrected chi connectivity index (χ0v) is 17.6. The van der Waals surface area contributed by atoms with Gasteiger partial charge in [0.05, 0.1) is 16.7 Å². The first-order valence-corrected chi connectivity index (χ1v) is 11.4. The van der Waals surface area contributed by atoms with E-state index in [-0.39, 0.29) is 24.1 Å². The quantitative estimate of drug-likeness (QED) is 0.814. The van der Waals surface area contributed by atoms with Crippen molar-refractivity contribution in [2.75, 3.05) is 18.4 Å². The summed E-state index contributed by atoms with van der Waals surface area (Å²) in [6.45, 7) is 6.66. The van der Waals surface area contributed by atoms with E-state index in [0.717, 1.165) is 11.3 Å². The maximum Gasteiger partial charge on any atom is 0.228 e. The molecule has 0 unspecified atom stereocenters. The van der Waals surface area contributed by atoms with E-state index in [0.29, 0.717) is 24.6 Å². The minimum absolute atomic E-state index is 0.0346. The van der Waals surface area contributed by atoms with Gasteiger partial charge in [0.1, 0.15) is 0 Å². The molecule has 8 nitrogen and oxygen atoms in total. The van der Waals surface area contributed by atoms with Crippen LogP contribution in [-0.4, -0.2) is 52.5 Å². The van der Waals surface area contributed by atoms with Crippen molar-refractivity contribution >= 4 is 21.7 Å². The normalized spacial score (nSPS) is 22.7. The highest BCUT2D eigenvalue weighted by Crippen LogP contribution is 2.40. The Morgan fingerprint density at radius 1 is 1.28 bits per heavy atom. The lowest BCUT2D eigenvalue weighted by Crippen LogP contribution is -2.39. The van der Waals surface area contributed by atoms with Gasteiger partial charge in [-0.25, -0.2) is 18.4 Å². The van der Waals surface area contributed by atoms with Crippen LogP contribution in [0.1, 0.15) is 43.5 Å². The van der Waals surface area contributed by atoms with Gasteiger partial charge in [-0.2, -0.15) is 0 Å². The molecule has 0 spiro atoms. The van der Waals surface area contributed by atoms with Crippen LogP contribution in [-0.2, 0) is 26.9 Å². The molecule has 154 valence electrons. The molecule has 2 aromatic heterocycles. The fourth-order valence-electron chi connectivity index (χ4n) is 3.99. The smallest absolute Gasteiger partial charge is 0.228 e. The highest BCUT2D eigenvalue weighted by atomic mass is 32.2. The number of anilines is 1. The average Bonchev–Trinajstić information content (AvgIpc) is 3.13. The number of likely N-dealkylation sites (tertiary alicyclic amines) is 1. The van der Waals surface area contributed by atoms with Gasteiger partial charge >= 0.3 is 0 Å². The molecule has 2 aliphatic heterocycles. The SMILES string of the molecule is CC(C)(C)C(=O)N1C[C@@H]2c3nc(NCc4cccnc4)ncc3CS(=O)(=O)[C@@H]2C1. The van der Waals surface area contributed by atoms with Crippen molar-refractivity contribution in [1.82, 2.24) is 19.9 Å². The summed E-state index contributed by atoms with van der Waals surface area (Å²) in [5, 5.41) is 2.57. The molecular formula is C20H25N5O3S. The topological polar surface area (TPSA) is 105 Å². The van der Waals surface area contributed by atoms with Crippen molar-refractivity contribution in [3.63, 3.8) is 0 Å². The van der Waals surface area contributed by atoms with Crippen molar-refractivity contribution in [3.8, 4) is 0 Å². The van der Waals surface area contributed by atoms with Gasteiger partial charge in [-0.15, -0.1) is 0 Å². The largest absolute Gasteiger partial charge is 0.350 e. The Morgan fingerprint density at radius 2 is 2.07 bits per heavy atom. The molecular weight excluding hydrogens is 390 g/mol. The molecule has 0 bridgehead atoms. The number of pyridine rings is 1. The first-order chi connectivity index (χ1) is 13.6. The molecule has 0 radical (unpaired) electrons. The first kappa shape index (κ1) is 19.8. The van der Waals surface area contributed by atoms with Crippen LogP contribution in [0.2, 0.25) is 0 Å². The third kappa shape index (κ3) is 3.83. The molecule has 2 aliphatic rings. The van der Waals surface area contributed by atoms with Crippen LogP contribution in [0.15, 0.2) is 30.7 Å². The maximum absolute atomic E-state index is 12.8. The van der Waals surface area contributed by atoms with Gasteiger partial charge in [-0.1, -0.05) is 26.8 Å². The first-order valence-electron chi connectivity index (χ1n) is 9.65. The van der Waals surface area contributed by atoms with E-state index in [2.05, 4.69) is 20.3 Å². The molecule has 4 rings (SSSR count). The zero-order chi connectivity index (χ0) is 20.8. The highest BCUT2D eigenvalue weighted by Gasteiger charge is 2.49. The van der Waals surface area contributed by atoms with Crippen molar-refractivity contribution in [3.05, 3.63) is 47.5 Å². The number of carbonyl (C=O) groups is 1. The van der Waals surface area contributed by atoms with Crippen LogP contribution in [0, 0.1) is 5.41 Å². The lowest BCUT2D eigenvalue weighted by atomic mass is 9.95. The maximum atomic E-state index is 12.8. The minimum Gasteiger partial charge on any atom is -0.350 e. The summed E-state index contributed by atoms with van der Waals surface area (Å²) in [4.78, 5) is 27.4. The molecule has 0 saturated carbocycles. The molecule has 29 heavy (non-hydrogen) atoms. The summed E-state index contributed by atoms with van der Waals surface area (Å²) in [5.41, 5.74) is 1.81. The van der Waals surface area contributed by atoms with E-state index in [1.54, 1.807) is 23.5 Å². The lowest BCUT2D eigenvalue weighted by molar-refractivity contribution is -0.138. The number of nitrogens with zero attached hydrogens (tertiary/aromatic N) is 4. The minimum atomic E-state index is -3.36. The number of carbonyl (C=O) groups excluding carboxylic acids is 1. The monoisotopic (exact) mass is 415 g/mol. The third-order valence-corrected chi connectivity index (χ3v) is 7.55. The molecule has 2 aromatic rings. The fourth-order valence-corrected chi connectivity index (χ4v) is 5.98. The Balaban J connectivity index is 1.61. The van der Waals surface area contributed by atoms with E-state index in [4.69, 9.17) is 0 Å². The van der Waals surface area contributed by atoms with Crippen LogP contribution in [0.3, 0.4) is 0 Å². The molecule has 0 aliphatic carbocycles. The van der Waals surface area contributed by atoms with E-state index in [9.17, 15) is 13.2 Å². The van der Waals surface area contributed by atoms with Gasteiger partial charge in [0.15, 0.2) is 9.84 Å². The standard InChI is InChI=1S/C20H25N5O3S/c1-20(2,3)18(26)25-10-15-16(11-25)29(27,28)12-14-9-23-19(24-17(14)15)22-8-13-5-4-6-21-7-13/h4-7,9,15-16H,8,10-12H2,1-3H3,(H,22,23,24)/t15-,16+/m0/s1. The van der Waals surface area contributed by atoms with Crippen molar-refractivity contribution in [2.45, 2.75) is 44.2 Å². The number of sulfone groups is 1. The summed E-state index contributed by atoms with van der Waals surface area (Å²) < 4.78 is 25.6. The molecule has 1 N–H and O–H groups in total. The predicted octanol–water partition coefficient (Wildman–Crippen LogP) is 1.75. The second-order valence-electron chi connectivity index (χ2n) is 8.73. The lowest BCUT2D eigenvalue weighted by Gasteiger charge is -2.26. The van der Waals surface area contributed by atoms with Gasteiger partial charge in [0.25, 0.3) is 0 Å². The number of amides is 1. The van der Waals surface area contributed by atoms with E-state index < -0.39 is 20.5 Å². The van der Waals surface area contributed by atoms with Crippen LogP contribution < -0.4 is 5.32 Å². The predicted molar refractivity (Wildman–Crippen MR) is 109 cm³/mol. The zero-order valence-electron chi connectivity index (χ0n) is 16.8. The summed E-state index contributed by atoms with van der Waals surface area (Å²) in [6, 6.07) is 3.81. The second-order valence-corrected chi connectivity index (χ2v) is 11.0. The highest BCUT2D eigenvalue weighted by molar-refractivity contribution is 7.91. The Labute approximate surface area is 170 Å². The molecule has 1 saturated heterocycles. The molecule has 9 heteroatoms. The van der Waals surface area contributed by atoms with Gasteiger partial charge < -0.3 is 10.2 Å². The number of rotatable bonds is 3. The Hall–Kier alpha value is -2.55. The molecule has 4 heterocycles. The molecule has 1 amide bonds.